The molecule has 4 heteroatoms. The highest BCUT2D eigenvalue weighted by Gasteiger charge is 2.30. The Balaban J connectivity index is 1.49. The molecule has 4 rings (SSSR count). The molecule has 4 aromatic carbocycles. The van der Waals surface area contributed by atoms with Crippen LogP contribution in [0, 0.1) is 25.7 Å². The number of aryl methyl sites for hydroxylation is 2. The summed E-state index contributed by atoms with van der Waals surface area (Å²) < 4.78 is 11.6. The molecule has 0 radical (unpaired) electrons. The third kappa shape index (κ3) is 7.06. The van der Waals surface area contributed by atoms with Gasteiger partial charge in [0.15, 0.2) is 26.9 Å². The number of hydrogen-bond acceptors (Lipinski definition) is 3. The minimum atomic E-state index is -0.927. The zero-order valence-corrected chi connectivity index (χ0v) is 22.5. The van der Waals surface area contributed by atoms with E-state index in [0.29, 0.717) is 5.75 Å². The molecule has 0 aliphatic heterocycles. The Bertz CT molecular complexity index is 1340. The highest BCUT2D eigenvalue weighted by Crippen LogP contribution is 2.35. The zero-order valence-electron chi connectivity index (χ0n) is 21.7. The van der Waals surface area contributed by atoms with Gasteiger partial charge in [-0.05, 0) is 75.2 Å². The molecule has 0 amide bonds. The number of benzene rings is 4. The van der Waals surface area contributed by atoms with Gasteiger partial charge in [0.25, 0.3) is 0 Å². The van der Waals surface area contributed by atoms with E-state index in [1.807, 2.05) is 56.3 Å². The lowest BCUT2D eigenvalue weighted by Crippen LogP contribution is -2.29. The number of carbonyl (C=O) groups excluding carboxylic acids is 1. The summed E-state index contributed by atoms with van der Waals surface area (Å²) in [5.74, 6) is 6.34. The molecule has 0 aliphatic rings. The van der Waals surface area contributed by atoms with Crippen LogP contribution in [0.25, 0.3) is 0 Å². The van der Waals surface area contributed by atoms with Crippen molar-refractivity contribution in [2.75, 3.05) is 6.61 Å². The van der Waals surface area contributed by atoms with Gasteiger partial charge >= 0.3 is 5.97 Å². The van der Waals surface area contributed by atoms with Crippen LogP contribution in [0.2, 0.25) is 0 Å². The number of esters is 1. The van der Waals surface area contributed by atoms with Gasteiger partial charge in [0.1, 0.15) is 5.75 Å². The zero-order chi connectivity index (χ0) is 26.3. The van der Waals surface area contributed by atoms with E-state index in [-0.39, 0.29) is 17.5 Å². The fourth-order valence-electron chi connectivity index (χ4n) is 3.99. The molecule has 0 bridgehead atoms. The van der Waals surface area contributed by atoms with Crippen molar-refractivity contribution in [3.63, 3.8) is 0 Å². The highest BCUT2D eigenvalue weighted by atomic mass is 32.2. The molecule has 0 saturated carbocycles. The van der Waals surface area contributed by atoms with E-state index in [1.165, 1.54) is 14.7 Å². The van der Waals surface area contributed by atoms with E-state index in [0.717, 1.165) is 16.7 Å². The molecule has 37 heavy (non-hydrogen) atoms. The van der Waals surface area contributed by atoms with Crippen LogP contribution in [0.3, 0.4) is 0 Å². The molecular formula is C33H31O3S+. The first-order valence-electron chi connectivity index (χ1n) is 12.2. The van der Waals surface area contributed by atoms with Crippen LogP contribution in [0.4, 0.5) is 0 Å². The van der Waals surface area contributed by atoms with Gasteiger partial charge in [0.05, 0.1) is 10.9 Å². The molecule has 4 aromatic rings. The Hall–Kier alpha value is -3.94. The molecule has 0 atom stereocenters. The van der Waals surface area contributed by atoms with Crippen molar-refractivity contribution in [2.45, 2.75) is 48.0 Å². The molecule has 0 unspecified atom stereocenters. The minimum Gasteiger partial charge on any atom is -0.481 e. The topological polar surface area (TPSA) is 35.5 Å². The predicted molar refractivity (Wildman–Crippen MR) is 150 cm³/mol. The first-order chi connectivity index (χ1) is 17.8. The van der Waals surface area contributed by atoms with Gasteiger partial charge in [-0.2, -0.15) is 0 Å². The van der Waals surface area contributed by atoms with Crippen LogP contribution in [0.1, 0.15) is 30.5 Å². The average Bonchev–Trinajstić information content (AvgIpc) is 2.89. The van der Waals surface area contributed by atoms with Crippen LogP contribution in [-0.4, -0.2) is 18.2 Å². The third-order valence-corrected chi connectivity index (χ3v) is 7.81. The fourth-order valence-corrected chi connectivity index (χ4v) is 6.26. The normalized spacial score (nSPS) is 10.9. The number of ether oxygens (including phenoxy) is 2. The van der Waals surface area contributed by atoms with Crippen LogP contribution < -0.4 is 4.74 Å². The second-order valence-electron chi connectivity index (χ2n) is 9.21. The van der Waals surface area contributed by atoms with Gasteiger partial charge in [-0.15, -0.1) is 0 Å². The number of rotatable bonds is 7. The van der Waals surface area contributed by atoms with Crippen molar-refractivity contribution in [2.24, 2.45) is 0 Å². The quantitative estimate of drug-likeness (QED) is 0.151. The molecule has 0 aromatic heterocycles. The van der Waals surface area contributed by atoms with E-state index in [1.54, 1.807) is 13.8 Å². The van der Waals surface area contributed by atoms with E-state index in [2.05, 4.69) is 72.5 Å². The van der Waals surface area contributed by atoms with Crippen LogP contribution in [0.15, 0.2) is 118 Å². The predicted octanol–water partition coefficient (Wildman–Crippen LogP) is 7.15. The molecule has 0 fully saturated rings. The van der Waals surface area contributed by atoms with Crippen molar-refractivity contribution >= 4 is 16.9 Å². The summed E-state index contributed by atoms with van der Waals surface area (Å²) in [4.78, 5) is 16.3. The maximum Gasteiger partial charge on any atom is 0.345 e. The Morgan fingerprint density at radius 2 is 1.24 bits per heavy atom. The maximum atomic E-state index is 12.6. The summed E-state index contributed by atoms with van der Waals surface area (Å²) in [6.45, 7) is 7.41. The van der Waals surface area contributed by atoms with E-state index in [4.69, 9.17) is 9.47 Å². The van der Waals surface area contributed by atoms with Gasteiger partial charge in [-0.3, -0.25) is 0 Å². The second-order valence-corrected chi connectivity index (χ2v) is 11.2. The molecule has 186 valence electrons. The second kappa shape index (κ2) is 11.9. The molecule has 0 N–H and O–H groups in total. The first kappa shape index (κ1) is 26.1. The number of hydrogen-bond donors (Lipinski definition) is 0. The lowest BCUT2D eigenvalue weighted by Gasteiger charge is -2.20. The molecular weight excluding hydrogens is 476 g/mol. The Morgan fingerprint density at radius 3 is 1.76 bits per heavy atom. The fraction of sp³-hybridized carbons (Fsp3) is 0.182. The minimum absolute atomic E-state index is 0.180. The Morgan fingerprint density at radius 1 is 0.757 bits per heavy atom. The number of carbonyl (C=O) groups is 1. The summed E-state index contributed by atoms with van der Waals surface area (Å²) in [5, 5.41) is 0. The summed E-state index contributed by atoms with van der Waals surface area (Å²) in [6, 6.07) is 35.0. The first-order valence-corrected chi connectivity index (χ1v) is 13.4. The molecule has 0 spiro atoms. The lowest BCUT2D eigenvalue weighted by atomic mass is 10.1. The van der Waals surface area contributed by atoms with E-state index in [9.17, 15) is 4.79 Å². The highest BCUT2D eigenvalue weighted by molar-refractivity contribution is 7.97. The van der Waals surface area contributed by atoms with Crippen molar-refractivity contribution < 1.29 is 14.3 Å². The molecule has 0 heterocycles. The van der Waals surface area contributed by atoms with Crippen molar-refractivity contribution in [3.8, 4) is 17.6 Å². The van der Waals surface area contributed by atoms with Crippen molar-refractivity contribution in [3.05, 3.63) is 120 Å². The van der Waals surface area contributed by atoms with E-state index >= 15 is 0 Å². The summed E-state index contributed by atoms with van der Waals surface area (Å²) >= 11 is 0. The van der Waals surface area contributed by atoms with Crippen molar-refractivity contribution in [1.29, 1.82) is 0 Å². The van der Waals surface area contributed by atoms with Gasteiger partial charge in [-0.1, -0.05) is 66.4 Å². The average molecular weight is 508 g/mol. The molecule has 3 nitrogen and oxygen atoms in total. The standard InChI is InChI=1S/C33H31O3S/c1-25-22-30(37(28-16-10-6-11-17-28)29-18-12-7-13-19-29)23-26(2)32(25)35-24-31(34)36-33(3,4)21-20-27-14-8-5-9-15-27/h5-19,22-23H,24H2,1-4H3/q+1. The SMILES string of the molecule is Cc1cc([S+](c2ccccc2)c2ccccc2)cc(C)c1OCC(=O)OC(C)(C)C#Cc1ccccc1. The largest absolute Gasteiger partial charge is 0.481 e. The maximum absolute atomic E-state index is 12.6. The summed E-state index contributed by atoms with van der Waals surface area (Å²) in [7, 11) is -0.250. The summed E-state index contributed by atoms with van der Waals surface area (Å²) in [6.07, 6.45) is 0. The monoisotopic (exact) mass is 507 g/mol. The van der Waals surface area contributed by atoms with Gasteiger partial charge < -0.3 is 9.47 Å². The lowest BCUT2D eigenvalue weighted by molar-refractivity contribution is -0.154. The molecule has 0 saturated heterocycles. The smallest absolute Gasteiger partial charge is 0.345 e. The molecule has 0 aliphatic carbocycles. The Kier molecular flexibility index (Phi) is 8.38. The van der Waals surface area contributed by atoms with Crippen LogP contribution in [0.5, 0.6) is 5.75 Å². The van der Waals surface area contributed by atoms with Gasteiger partial charge in [-0.25, -0.2) is 4.79 Å². The third-order valence-electron chi connectivity index (χ3n) is 5.61. The van der Waals surface area contributed by atoms with Crippen LogP contribution >= 0.6 is 0 Å². The van der Waals surface area contributed by atoms with E-state index < -0.39 is 11.6 Å². The Labute approximate surface area is 222 Å². The summed E-state index contributed by atoms with van der Waals surface area (Å²) in [5.41, 5.74) is 1.91. The van der Waals surface area contributed by atoms with Gasteiger partial charge in [0.2, 0.25) is 0 Å². The van der Waals surface area contributed by atoms with Crippen molar-refractivity contribution in [1.82, 2.24) is 0 Å². The van der Waals surface area contributed by atoms with Gasteiger partial charge in [0, 0.05) is 17.7 Å². The van der Waals surface area contributed by atoms with Crippen LogP contribution in [-0.2, 0) is 20.4 Å².